The summed E-state index contributed by atoms with van der Waals surface area (Å²) in [4.78, 5) is 28.9. The van der Waals surface area contributed by atoms with Crippen LogP contribution in [-0.2, 0) is 13.0 Å². The highest BCUT2D eigenvalue weighted by atomic mass is 32.1. The van der Waals surface area contributed by atoms with Gasteiger partial charge in [0.1, 0.15) is 5.56 Å². The Balaban J connectivity index is 1.83. The summed E-state index contributed by atoms with van der Waals surface area (Å²) in [5.74, 6) is -1.33. The summed E-state index contributed by atoms with van der Waals surface area (Å²) in [5, 5.41) is 12.6. The second kappa shape index (κ2) is 7.17. The smallest absolute Gasteiger partial charge is 0.387 e. The van der Waals surface area contributed by atoms with Crippen LogP contribution in [0.3, 0.4) is 0 Å². The minimum absolute atomic E-state index is 0.0548. The zero-order valence-electron chi connectivity index (χ0n) is 15.8. The lowest BCUT2D eigenvalue weighted by molar-refractivity contribution is -0.0485. The number of fused-ring (bicyclic) bond motifs is 2. The van der Waals surface area contributed by atoms with Crippen LogP contribution in [-0.4, -0.2) is 29.2 Å². The number of H-pyrrole nitrogens is 1. The lowest BCUT2D eigenvalue weighted by atomic mass is 9.96. The Morgan fingerprint density at radius 3 is 2.77 bits per heavy atom. The molecule has 3 heterocycles. The molecule has 1 aliphatic heterocycles. The molecule has 1 fully saturated rings. The highest BCUT2D eigenvalue weighted by Crippen LogP contribution is 2.51. The van der Waals surface area contributed by atoms with Crippen LogP contribution >= 0.6 is 11.3 Å². The molecule has 5 rings (SSSR count). The fourth-order valence-electron chi connectivity index (χ4n) is 4.07. The molecule has 6 nitrogen and oxygen atoms in total. The van der Waals surface area contributed by atoms with Crippen LogP contribution in [0.1, 0.15) is 45.1 Å². The summed E-state index contributed by atoms with van der Waals surface area (Å²) in [6.45, 7) is -1.49. The van der Waals surface area contributed by atoms with Crippen LogP contribution in [0.5, 0.6) is 5.75 Å². The number of pyridine rings is 1. The lowest BCUT2D eigenvalue weighted by Gasteiger charge is -2.17. The third-order valence-corrected chi connectivity index (χ3v) is 6.86. The molecule has 1 saturated carbocycles. The minimum atomic E-state index is -3.08. The molecular weight excluding hydrogens is 414 g/mol. The predicted molar refractivity (Wildman–Crippen MR) is 109 cm³/mol. The number of aromatic nitrogens is 1. The molecule has 2 aromatic heterocycles. The van der Waals surface area contributed by atoms with Crippen molar-refractivity contribution in [2.24, 2.45) is 0 Å². The van der Waals surface area contributed by atoms with Crippen molar-refractivity contribution in [1.82, 2.24) is 10.3 Å². The zero-order chi connectivity index (χ0) is 21.0. The average molecular weight is 432 g/mol. The van der Waals surface area contributed by atoms with E-state index in [4.69, 9.17) is 4.74 Å². The van der Waals surface area contributed by atoms with Crippen molar-refractivity contribution in [2.75, 3.05) is 6.54 Å². The van der Waals surface area contributed by atoms with E-state index in [2.05, 4.69) is 10.3 Å². The molecule has 30 heavy (non-hydrogen) atoms. The molecule has 0 atom stereocenters. The lowest BCUT2D eigenvalue weighted by Crippen LogP contribution is -2.21. The number of hydrogen-bond donors (Lipinski definition) is 3. The first-order valence-corrected chi connectivity index (χ1v) is 10.5. The quantitative estimate of drug-likeness (QED) is 0.565. The maximum Gasteiger partial charge on any atom is 0.387 e. The summed E-state index contributed by atoms with van der Waals surface area (Å²) in [5.41, 5.74) is 1.42. The minimum Gasteiger partial charge on any atom is -0.477 e. The van der Waals surface area contributed by atoms with Gasteiger partial charge in [-0.15, -0.1) is 11.3 Å². The SMILES string of the molecule is O=C(O)c1c[nH]c2c(OC(F)F)c(-c3cc4c(s3)CCNC4)c(C3CC3)cc2c1=O. The summed E-state index contributed by atoms with van der Waals surface area (Å²) in [6, 6.07) is 3.66. The van der Waals surface area contributed by atoms with E-state index in [-0.39, 0.29) is 22.6 Å². The molecular formula is C21H18F2N2O4S. The van der Waals surface area contributed by atoms with E-state index in [1.165, 1.54) is 4.88 Å². The van der Waals surface area contributed by atoms with Crippen molar-refractivity contribution >= 4 is 28.2 Å². The Labute approximate surface area is 173 Å². The van der Waals surface area contributed by atoms with E-state index >= 15 is 0 Å². The number of carboxylic acids is 1. The predicted octanol–water partition coefficient (Wildman–Crippen LogP) is 4.08. The molecule has 3 N–H and O–H groups in total. The van der Waals surface area contributed by atoms with Crippen molar-refractivity contribution in [3.8, 4) is 16.2 Å². The van der Waals surface area contributed by atoms with Gasteiger partial charge in [0.25, 0.3) is 0 Å². The van der Waals surface area contributed by atoms with E-state index in [0.717, 1.165) is 54.6 Å². The summed E-state index contributed by atoms with van der Waals surface area (Å²) >= 11 is 1.56. The topological polar surface area (TPSA) is 91.4 Å². The number of thiophene rings is 1. The molecule has 156 valence electrons. The molecule has 1 aliphatic carbocycles. The molecule has 0 unspecified atom stereocenters. The monoisotopic (exact) mass is 432 g/mol. The summed E-state index contributed by atoms with van der Waals surface area (Å²) in [6.07, 6.45) is 3.68. The number of halogens is 2. The Bertz CT molecular complexity index is 1210. The van der Waals surface area contributed by atoms with Crippen LogP contribution in [0, 0.1) is 0 Å². The number of carboxylic acid groups (broad SMARTS) is 1. The second-order valence-corrected chi connectivity index (χ2v) is 8.70. The van der Waals surface area contributed by atoms with Crippen molar-refractivity contribution in [2.45, 2.75) is 38.3 Å². The second-order valence-electron chi connectivity index (χ2n) is 7.57. The number of carbonyl (C=O) groups is 1. The van der Waals surface area contributed by atoms with Gasteiger partial charge in [0.2, 0.25) is 5.43 Å². The molecule has 0 spiro atoms. The summed E-state index contributed by atoms with van der Waals surface area (Å²) in [7, 11) is 0. The largest absolute Gasteiger partial charge is 0.477 e. The molecule has 0 saturated heterocycles. The molecule has 1 aromatic carbocycles. The van der Waals surface area contributed by atoms with Crippen molar-refractivity contribution in [1.29, 1.82) is 0 Å². The van der Waals surface area contributed by atoms with Gasteiger partial charge in [0.15, 0.2) is 5.75 Å². The molecule has 0 amide bonds. The van der Waals surface area contributed by atoms with Gasteiger partial charge in [-0.3, -0.25) is 4.79 Å². The molecule has 0 bridgehead atoms. The van der Waals surface area contributed by atoms with Gasteiger partial charge in [-0.2, -0.15) is 8.78 Å². The van der Waals surface area contributed by atoms with Crippen molar-refractivity contribution < 1.29 is 23.4 Å². The Morgan fingerprint density at radius 1 is 1.30 bits per heavy atom. The Morgan fingerprint density at radius 2 is 2.10 bits per heavy atom. The van der Waals surface area contributed by atoms with E-state index in [9.17, 15) is 23.5 Å². The third-order valence-electron chi connectivity index (χ3n) is 5.60. The fraction of sp³-hybridized carbons (Fsp3) is 0.333. The highest BCUT2D eigenvalue weighted by Gasteiger charge is 2.32. The summed E-state index contributed by atoms with van der Waals surface area (Å²) < 4.78 is 31.8. The molecule has 3 aromatic rings. The molecule has 2 aliphatic rings. The van der Waals surface area contributed by atoms with Gasteiger partial charge >= 0.3 is 12.6 Å². The van der Waals surface area contributed by atoms with Gasteiger partial charge in [-0.25, -0.2) is 4.79 Å². The van der Waals surface area contributed by atoms with Crippen LogP contribution < -0.4 is 15.5 Å². The maximum absolute atomic E-state index is 13.4. The van der Waals surface area contributed by atoms with E-state index in [0.29, 0.717) is 5.56 Å². The first kappa shape index (κ1) is 19.2. The number of hydrogen-bond acceptors (Lipinski definition) is 5. The molecule has 0 radical (unpaired) electrons. The van der Waals surface area contributed by atoms with Gasteiger partial charge in [-0.1, -0.05) is 0 Å². The van der Waals surface area contributed by atoms with Crippen LogP contribution in [0.25, 0.3) is 21.3 Å². The molecule has 9 heteroatoms. The number of aromatic amines is 1. The fourth-order valence-corrected chi connectivity index (χ4v) is 5.31. The zero-order valence-corrected chi connectivity index (χ0v) is 16.6. The number of benzene rings is 1. The van der Waals surface area contributed by atoms with E-state index in [1.54, 1.807) is 17.4 Å². The highest BCUT2D eigenvalue weighted by molar-refractivity contribution is 7.15. The maximum atomic E-state index is 13.4. The van der Waals surface area contributed by atoms with Gasteiger partial charge < -0.3 is 20.1 Å². The number of ether oxygens (including phenoxy) is 1. The third kappa shape index (κ3) is 3.18. The van der Waals surface area contributed by atoms with Crippen LogP contribution in [0.15, 0.2) is 23.1 Å². The normalized spacial score (nSPS) is 16.1. The van der Waals surface area contributed by atoms with Gasteiger partial charge in [0, 0.05) is 34.6 Å². The number of aromatic carboxylic acids is 1. The number of rotatable bonds is 5. The van der Waals surface area contributed by atoms with Gasteiger partial charge in [-0.05, 0) is 48.4 Å². The first-order chi connectivity index (χ1) is 14.4. The average Bonchev–Trinajstić information content (AvgIpc) is 3.46. The number of nitrogens with one attached hydrogen (secondary N) is 2. The van der Waals surface area contributed by atoms with Crippen molar-refractivity contribution in [3.05, 3.63) is 50.1 Å². The van der Waals surface area contributed by atoms with Crippen LogP contribution in [0.4, 0.5) is 8.78 Å². The Hall–Kier alpha value is -2.78. The van der Waals surface area contributed by atoms with Crippen LogP contribution in [0.2, 0.25) is 0 Å². The standard InChI is InChI=1S/C21H18F2N2O4S/c22-21(23)29-19-16(15-5-10-7-24-4-3-14(10)30-15)11(9-1-2-9)6-12-17(19)25-8-13(18(12)26)20(27)28/h5-6,8-9,21,24H,1-4,7H2,(H,25,26)(H,27,28). The number of alkyl halides is 2. The Kier molecular flexibility index (Phi) is 4.59. The van der Waals surface area contributed by atoms with E-state index < -0.39 is 23.6 Å². The first-order valence-electron chi connectivity index (χ1n) is 9.67. The van der Waals surface area contributed by atoms with E-state index in [1.807, 2.05) is 6.07 Å². The van der Waals surface area contributed by atoms with Gasteiger partial charge in [0.05, 0.1) is 10.9 Å². The van der Waals surface area contributed by atoms with Crippen molar-refractivity contribution in [3.63, 3.8) is 0 Å².